The van der Waals surface area contributed by atoms with E-state index in [1.807, 2.05) is 25.1 Å². The Hall–Kier alpha value is -1.39. The highest BCUT2D eigenvalue weighted by Crippen LogP contribution is 2.03. The number of carbonyl (C=O) groups excluding carboxylic acids is 1. The molecule has 0 aromatic heterocycles. The van der Waals surface area contributed by atoms with Crippen LogP contribution in [-0.4, -0.2) is 37.0 Å². The van der Waals surface area contributed by atoms with Crippen molar-refractivity contribution in [1.29, 1.82) is 0 Å². The zero-order chi connectivity index (χ0) is 12.5. The summed E-state index contributed by atoms with van der Waals surface area (Å²) in [5, 5.41) is 2.80. The summed E-state index contributed by atoms with van der Waals surface area (Å²) < 4.78 is 0. The molecule has 0 atom stereocenters. The van der Waals surface area contributed by atoms with Crippen molar-refractivity contribution in [1.82, 2.24) is 10.2 Å². The normalized spacial score (nSPS) is 10.5. The minimum Gasteiger partial charge on any atom is -0.355 e. The van der Waals surface area contributed by atoms with Gasteiger partial charge in [-0.1, -0.05) is 30.3 Å². The van der Waals surface area contributed by atoms with Crippen LogP contribution in [-0.2, 0) is 11.3 Å². The summed E-state index contributed by atoms with van der Waals surface area (Å²) in [5.74, 6) is 0.0527. The summed E-state index contributed by atoms with van der Waals surface area (Å²) in [6, 6.07) is 10.1. The summed E-state index contributed by atoms with van der Waals surface area (Å²) in [7, 11) is 0. The first-order valence-corrected chi connectivity index (χ1v) is 5.99. The Bertz CT molecular complexity index is 327. The zero-order valence-electron chi connectivity index (χ0n) is 10.4. The molecule has 1 aromatic carbocycles. The van der Waals surface area contributed by atoms with Gasteiger partial charge in [-0.2, -0.15) is 0 Å². The fourth-order valence-electron chi connectivity index (χ4n) is 1.69. The van der Waals surface area contributed by atoms with Gasteiger partial charge in [0.05, 0.1) is 6.54 Å². The molecule has 94 valence electrons. The summed E-state index contributed by atoms with van der Waals surface area (Å²) >= 11 is 0. The lowest BCUT2D eigenvalue weighted by Gasteiger charge is -2.20. The summed E-state index contributed by atoms with van der Waals surface area (Å²) in [6.07, 6.45) is 0. The van der Waals surface area contributed by atoms with Crippen molar-refractivity contribution in [2.24, 2.45) is 5.73 Å². The molecule has 0 radical (unpaired) electrons. The first kappa shape index (κ1) is 13.7. The van der Waals surface area contributed by atoms with Crippen molar-refractivity contribution in [3.05, 3.63) is 35.9 Å². The molecular weight excluding hydrogens is 214 g/mol. The number of nitrogens with zero attached hydrogens (tertiary/aromatic N) is 1. The fraction of sp³-hybridized carbons (Fsp3) is 0.462. The molecule has 0 aliphatic heterocycles. The van der Waals surface area contributed by atoms with E-state index in [1.165, 1.54) is 5.56 Å². The van der Waals surface area contributed by atoms with E-state index in [1.54, 1.807) is 0 Å². The Morgan fingerprint density at radius 1 is 1.35 bits per heavy atom. The molecule has 0 bridgehead atoms. The van der Waals surface area contributed by atoms with E-state index in [0.717, 1.165) is 13.1 Å². The smallest absolute Gasteiger partial charge is 0.234 e. The predicted molar refractivity (Wildman–Crippen MR) is 69.5 cm³/mol. The zero-order valence-corrected chi connectivity index (χ0v) is 10.4. The van der Waals surface area contributed by atoms with Crippen LogP contribution in [0.1, 0.15) is 12.5 Å². The van der Waals surface area contributed by atoms with Crippen LogP contribution in [0.3, 0.4) is 0 Å². The lowest BCUT2D eigenvalue weighted by Crippen LogP contribution is -2.39. The highest BCUT2D eigenvalue weighted by Gasteiger charge is 2.09. The average molecular weight is 235 g/mol. The standard InChI is InChI=1S/C13H21N3O/c1-2-15-13(17)11-16(9-8-14)10-12-6-4-3-5-7-12/h3-7H,2,8-11,14H2,1H3,(H,15,17). The van der Waals surface area contributed by atoms with Crippen LogP contribution in [0.25, 0.3) is 0 Å². The maximum Gasteiger partial charge on any atom is 0.234 e. The van der Waals surface area contributed by atoms with Crippen LogP contribution >= 0.6 is 0 Å². The molecule has 17 heavy (non-hydrogen) atoms. The monoisotopic (exact) mass is 235 g/mol. The van der Waals surface area contributed by atoms with Gasteiger partial charge in [0.25, 0.3) is 0 Å². The van der Waals surface area contributed by atoms with Crippen LogP contribution in [0.2, 0.25) is 0 Å². The molecule has 0 unspecified atom stereocenters. The van der Waals surface area contributed by atoms with Gasteiger partial charge in [-0.3, -0.25) is 9.69 Å². The van der Waals surface area contributed by atoms with Gasteiger partial charge in [-0.25, -0.2) is 0 Å². The molecule has 0 fully saturated rings. The molecule has 0 saturated heterocycles. The predicted octanol–water partition coefficient (Wildman–Crippen LogP) is 0.583. The summed E-state index contributed by atoms with van der Waals surface area (Å²) in [4.78, 5) is 13.6. The van der Waals surface area contributed by atoms with E-state index >= 15 is 0 Å². The van der Waals surface area contributed by atoms with Gasteiger partial charge in [-0.05, 0) is 12.5 Å². The minimum atomic E-state index is 0.0527. The molecule has 1 amide bonds. The van der Waals surface area contributed by atoms with Gasteiger partial charge in [0.2, 0.25) is 5.91 Å². The Kier molecular flexibility index (Phi) is 6.29. The van der Waals surface area contributed by atoms with Crippen molar-refractivity contribution < 1.29 is 4.79 Å². The van der Waals surface area contributed by atoms with Gasteiger partial charge >= 0.3 is 0 Å². The molecular formula is C13H21N3O. The van der Waals surface area contributed by atoms with E-state index in [0.29, 0.717) is 19.6 Å². The van der Waals surface area contributed by atoms with Gasteiger partial charge in [0.1, 0.15) is 0 Å². The minimum absolute atomic E-state index is 0.0527. The number of carbonyl (C=O) groups is 1. The molecule has 4 nitrogen and oxygen atoms in total. The van der Waals surface area contributed by atoms with Crippen molar-refractivity contribution in [2.75, 3.05) is 26.2 Å². The number of benzene rings is 1. The third-order valence-corrected chi connectivity index (χ3v) is 2.44. The van der Waals surface area contributed by atoms with Crippen molar-refractivity contribution in [3.63, 3.8) is 0 Å². The largest absolute Gasteiger partial charge is 0.355 e. The number of nitrogens with two attached hydrogens (primary N) is 1. The van der Waals surface area contributed by atoms with E-state index in [4.69, 9.17) is 5.73 Å². The van der Waals surface area contributed by atoms with E-state index in [-0.39, 0.29) is 5.91 Å². The van der Waals surface area contributed by atoms with Gasteiger partial charge in [0.15, 0.2) is 0 Å². The molecule has 0 aliphatic carbocycles. The highest BCUT2D eigenvalue weighted by atomic mass is 16.2. The molecule has 0 aliphatic rings. The second-order valence-electron chi connectivity index (χ2n) is 3.94. The Morgan fingerprint density at radius 3 is 2.65 bits per heavy atom. The van der Waals surface area contributed by atoms with Crippen LogP contribution in [0.5, 0.6) is 0 Å². The number of hydrogen-bond donors (Lipinski definition) is 2. The first-order chi connectivity index (χ1) is 8.26. The third-order valence-electron chi connectivity index (χ3n) is 2.44. The fourth-order valence-corrected chi connectivity index (χ4v) is 1.69. The molecule has 0 heterocycles. The second kappa shape index (κ2) is 7.81. The maximum atomic E-state index is 11.5. The van der Waals surface area contributed by atoms with E-state index in [2.05, 4.69) is 22.3 Å². The Morgan fingerprint density at radius 2 is 2.06 bits per heavy atom. The van der Waals surface area contributed by atoms with E-state index in [9.17, 15) is 4.79 Å². The highest BCUT2D eigenvalue weighted by molar-refractivity contribution is 5.77. The summed E-state index contributed by atoms with van der Waals surface area (Å²) in [6.45, 7) is 5.04. The SMILES string of the molecule is CCNC(=O)CN(CCN)Cc1ccccc1. The molecule has 0 saturated carbocycles. The molecule has 3 N–H and O–H groups in total. The molecule has 4 heteroatoms. The van der Waals surface area contributed by atoms with Gasteiger partial charge < -0.3 is 11.1 Å². The van der Waals surface area contributed by atoms with Crippen LogP contribution in [0.15, 0.2) is 30.3 Å². The lowest BCUT2D eigenvalue weighted by atomic mass is 10.2. The Balaban J connectivity index is 2.51. The first-order valence-electron chi connectivity index (χ1n) is 5.99. The van der Waals surface area contributed by atoms with Gasteiger partial charge in [0, 0.05) is 26.2 Å². The average Bonchev–Trinajstić information content (AvgIpc) is 2.31. The molecule has 0 spiro atoms. The number of likely N-dealkylation sites (N-methyl/N-ethyl adjacent to an activating group) is 1. The number of amides is 1. The topological polar surface area (TPSA) is 58.4 Å². The quantitative estimate of drug-likeness (QED) is 0.727. The molecule has 1 rings (SSSR count). The van der Waals surface area contributed by atoms with E-state index < -0.39 is 0 Å². The Labute approximate surface area is 103 Å². The number of rotatable bonds is 7. The van der Waals surface area contributed by atoms with Crippen LogP contribution < -0.4 is 11.1 Å². The van der Waals surface area contributed by atoms with Crippen molar-refractivity contribution in [2.45, 2.75) is 13.5 Å². The van der Waals surface area contributed by atoms with Gasteiger partial charge in [-0.15, -0.1) is 0 Å². The van der Waals surface area contributed by atoms with Crippen LogP contribution in [0.4, 0.5) is 0 Å². The lowest BCUT2D eigenvalue weighted by molar-refractivity contribution is -0.122. The van der Waals surface area contributed by atoms with Crippen molar-refractivity contribution in [3.8, 4) is 0 Å². The molecule has 1 aromatic rings. The maximum absolute atomic E-state index is 11.5. The van der Waals surface area contributed by atoms with Crippen molar-refractivity contribution >= 4 is 5.91 Å². The van der Waals surface area contributed by atoms with Crippen LogP contribution in [0, 0.1) is 0 Å². The second-order valence-corrected chi connectivity index (χ2v) is 3.94. The summed E-state index contributed by atoms with van der Waals surface area (Å²) in [5.41, 5.74) is 6.76. The third kappa shape index (κ3) is 5.47. The number of nitrogens with one attached hydrogen (secondary N) is 1. The number of hydrogen-bond acceptors (Lipinski definition) is 3.